The number of benzene rings is 1. The summed E-state index contributed by atoms with van der Waals surface area (Å²) in [7, 11) is 0. The van der Waals surface area contributed by atoms with Crippen LogP contribution in [0.5, 0.6) is 5.75 Å². The third-order valence-electron chi connectivity index (χ3n) is 3.20. The molecule has 2 heterocycles. The SMILES string of the molecule is O=C(O)c1ccn2c(Cc3ccccc3O)ncc2c1. The summed E-state index contributed by atoms with van der Waals surface area (Å²) in [6.07, 6.45) is 3.79. The highest BCUT2D eigenvalue weighted by molar-refractivity contribution is 5.88. The van der Waals surface area contributed by atoms with Crippen molar-refractivity contribution in [2.45, 2.75) is 6.42 Å². The number of phenolic OH excluding ortho intramolecular Hbond substituents is 1. The van der Waals surface area contributed by atoms with Gasteiger partial charge in [-0.1, -0.05) is 18.2 Å². The maximum atomic E-state index is 10.9. The molecular weight excluding hydrogens is 256 g/mol. The fraction of sp³-hybridized carbons (Fsp3) is 0.0667. The number of phenols is 1. The predicted octanol–water partition coefficient (Wildman–Crippen LogP) is 2.33. The first kappa shape index (κ1) is 12.2. The van der Waals surface area contributed by atoms with Gasteiger partial charge in [-0.25, -0.2) is 9.78 Å². The Hall–Kier alpha value is -2.82. The van der Waals surface area contributed by atoms with Gasteiger partial charge in [0.15, 0.2) is 0 Å². The van der Waals surface area contributed by atoms with Gasteiger partial charge in [0.05, 0.1) is 17.3 Å². The van der Waals surface area contributed by atoms with Crippen LogP contribution in [0, 0.1) is 0 Å². The molecule has 0 aliphatic heterocycles. The molecule has 0 spiro atoms. The maximum Gasteiger partial charge on any atom is 0.335 e. The molecular formula is C15H12N2O3. The van der Waals surface area contributed by atoms with Crippen LogP contribution in [0.25, 0.3) is 5.52 Å². The van der Waals surface area contributed by atoms with Crippen molar-refractivity contribution in [2.24, 2.45) is 0 Å². The van der Waals surface area contributed by atoms with Gasteiger partial charge in [0.25, 0.3) is 0 Å². The Bertz CT molecular complexity index is 793. The molecule has 0 amide bonds. The predicted molar refractivity (Wildman–Crippen MR) is 73.1 cm³/mol. The molecule has 100 valence electrons. The Kier molecular flexibility index (Phi) is 2.87. The monoisotopic (exact) mass is 268 g/mol. The first-order valence-electron chi connectivity index (χ1n) is 6.11. The molecule has 0 fully saturated rings. The second kappa shape index (κ2) is 4.70. The highest BCUT2D eigenvalue weighted by Crippen LogP contribution is 2.20. The first-order valence-corrected chi connectivity index (χ1v) is 6.11. The van der Waals surface area contributed by atoms with E-state index in [0.29, 0.717) is 6.42 Å². The highest BCUT2D eigenvalue weighted by atomic mass is 16.4. The highest BCUT2D eigenvalue weighted by Gasteiger charge is 2.09. The number of nitrogens with zero attached hydrogens (tertiary/aromatic N) is 2. The third-order valence-corrected chi connectivity index (χ3v) is 3.20. The summed E-state index contributed by atoms with van der Waals surface area (Å²) in [4.78, 5) is 15.2. The van der Waals surface area contributed by atoms with Gasteiger partial charge >= 0.3 is 5.97 Å². The van der Waals surface area contributed by atoms with Crippen molar-refractivity contribution in [1.82, 2.24) is 9.38 Å². The molecule has 5 nitrogen and oxygen atoms in total. The molecule has 0 radical (unpaired) electrons. The number of fused-ring (bicyclic) bond motifs is 1. The van der Waals surface area contributed by atoms with Crippen LogP contribution < -0.4 is 0 Å². The molecule has 3 rings (SSSR count). The molecule has 3 aromatic rings. The Morgan fingerprint density at radius 1 is 1.25 bits per heavy atom. The number of aromatic nitrogens is 2. The fourth-order valence-electron chi connectivity index (χ4n) is 2.15. The second-order valence-corrected chi connectivity index (χ2v) is 4.50. The van der Waals surface area contributed by atoms with Gasteiger partial charge in [-0.15, -0.1) is 0 Å². The number of rotatable bonds is 3. The standard InChI is InChI=1S/C15H12N2O3/c18-13-4-2-1-3-10(13)8-14-16-9-12-7-11(15(19)20)5-6-17(12)14/h1-7,9,18H,8H2,(H,19,20). The van der Waals surface area contributed by atoms with Crippen molar-refractivity contribution in [3.63, 3.8) is 0 Å². The number of hydrogen-bond acceptors (Lipinski definition) is 3. The Morgan fingerprint density at radius 2 is 2.05 bits per heavy atom. The summed E-state index contributed by atoms with van der Waals surface area (Å²) in [6, 6.07) is 10.2. The zero-order chi connectivity index (χ0) is 14.1. The van der Waals surface area contributed by atoms with Gasteiger partial charge in [0.2, 0.25) is 0 Å². The fourth-order valence-corrected chi connectivity index (χ4v) is 2.15. The van der Waals surface area contributed by atoms with Crippen molar-refractivity contribution >= 4 is 11.5 Å². The minimum atomic E-state index is -0.962. The molecule has 0 atom stereocenters. The molecule has 0 bridgehead atoms. The van der Waals surface area contributed by atoms with Crippen LogP contribution in [-0.2, 0) is 6.42 Å². The number of aromatic carboxylic acids is 1. The summed E-state index contributed by atoms with van der Waals surface area (Å²) in [5.74, 6) is 0.0146. The van der Waals surface area contributed by atoms with Gasteiger partial charge in [0.1, 0.15) is 11.6 Å². The molecule has 0 aliphatic carbocycles. The minimum absolute atomic E-state index is 0.228. The van der Waals surface area contributed by atoms with Crippen molar-refractivity contribution < 1.29 is 15.0 Å². The van der Waals surface area contributed by atoms with E-state index in [1.54, 1.807) is 30.6 Å². The van der Waals surface area contributed by atoms with E-state index < -0.39 is 5.97 Å². The number of pyridine rings is 1. The van der Waals surface area contributed by atoms with Crippen LogP contribution in [0.2, 0.25) is 0 Å². The van der Waals surface area contributed by atoms with Crippen LogP contribution in [0.1, 0.15) is 21.7 Å². The number of aromatic hydroxyl groups is 1. The number of carboxylic acid groups (broad SMARTS) is 1. The third kappa shape index (κ3) is 2.09. The summed E-state index contributed by atoms with van der Waals surface area (Å²) < 4.78 is 1.82. The molecule has 0 saturated heterocycles. The van der Waals surface area contributed by atoms with Crippen LogP contribution in [-0.4, -0.2) is 25.6 Å². The van der Waals surface area contributed by atoms with Gasteiger partial charge in [0, 0.05) is 18.2 Å². The van der Waals surface area contributed by atoms with E-state index in [2.05, 4.69) is 4.98 Å². The molecule has 0 unspecified atom stereocenters. The van der Waals surface area contributed by atoms with E-state index in [1.807, 2.05) is 16.5 Å². The van der Waals surface area contributed by atoms with Gasteiger partial charge in [-0.2, -0.15) is 0 Å². The van der Waals surface area contributed by atoms with Crippen molar-refractivity contribution in [3.8, 4) is 5.75 Å². The average Bonchev–Trinajstić information content (AvgIpc) is 2.84. The number of hydrogen-bond donors (Lipinski definition) is 2. The maximum absolute atomic E-state index is 10.9. The molecule has 20 heavy (non-hydrogen) atoms. The van der Waals surface area contributed by atoms with Gasteiger partial charge < -0.3 is 14.6 Å². The van der Waals surface area contributed by atoms with Crippen LogP contribution >= 0.6 is 0 Å². The topological polar surface area (TPSA) is 74.8 Å². The van der Waals surface area contributed by atoms with Crippen molar-refractivity contribution in [2.75, 3.05) is 0 Å². The molecule has 2 aromatic heterocycles. The number of carbonyl (C=O) groups is 1. The number of para-hydroxylation sites is 1. The quantitative estimate of drug-likeness (QED) is 0.764. The van der Waals surface area contributed by atoms with Crippen LogP contribution in [0.15, 0.2) is 48.8 Å². The lowest BCUT2D eigenvalue weighted by Gasteiger charge is -2.04. The van der Waals surface area contributed by atoms with Crippen molar-refractivity contribution in [3.05, 3.63) is 65.7 Å². The Balaban J connectivity index is 2.01. The first-order chi connectivity index (χ1) is 9.65. The summed E-state index contributed by atoms with van der Waals surface area (Å²) >= 11 is 0. The van der Waals surface area contributed by atoms with Crippen LogP contribution in [0.3, 0.4) is 0 Å². The normalized spacial score (nSPS) is 10.8. The Morgan fingerprint density at radius 3 is 2.80 bits per heavy atom. The van der Waals surface area contributed by atoms with E-state index in [-0.39, 0.29) is 11.3 Å². The van der Waals surface area contributed by atoms with Crippen molar-refractivity contribution in [1.29, 1.82) is 0 Å². The molecule has 1 aromatic carbocycles. The summed E-state index contributed by atoms with van der Waals surface area (Å²) in [6.45, 7) is 0. The van der Waals surface area contributed by atoms with Gasteiger partial charge in [-0.3, -0.25) is 0 Å². The van der Waals surface area contributed by atoms with E-state index in [0.717, 1.165) is 16.9 Å². The smallest absolute Gasteiger partial charge is 0.335 e. The Labute approximate surface area is 114 Å². The summed E-state index contributed by atoms with van der Waals surface area (Å²) in [5, 5.41) is 18.7. The van der Waals surface area contributed by atoms with Crippen LogP contribution in [0.4, 0.5) is 0 Å². The average molecular weight is 268 g/mol. The number of imidazole rings is 1. The molecule has 0 saturated carbocycles. The largest absolute Gasteiger partial charge is 0.508 e. The van der Waals surface area contributed by atoms with E-state index in [1.165, 1.54) is 6.07 Å². The lowest BCUT2D eigenvalue weighted by atomic mass is 10.1. The zero-order valence-corrected chi connectivity index (χ0v) is 10.5. The lowest BCUT2D eigenvalue weighted by molar-refractivity contribution is 0.0697. The van der Waals surface area contributed by atoms with E-state index in [4.69, 9.17) is 5.11 Å². The second-order valence-electron chi connectivity index (χ2n) is 4.50. The van der Waals surface area contributed by atoms with Gasteiger partial charge in [-0.05, 0) is 18.2 Å². The molecule has 2 N–H and O–H groups in total. The number of carboxylic acids is 1. The van der Waals surface area contributed by atoms with E-state index in [9.17, 15) is 9.90 Å². The molecule has 0 aliphatic rings. The van der Waals surface area contributed by atoms with E-state index >= 15 is 0 Å². The summed E-state index contributed by atoms with van der Waals surface area (Å²) in [5.41, 5.74) is 1.73. The molecule has 5 heteroatoms. The zero-order valence-electron chi connectivity index (χ0n) is 10.5. The lowest BCUT2D eigenvalue weighted by Crippen LogP contribution is -2.00. The minimum Gasteiger partial charge on any atom is -0.508 e.